The molecule has 0 radical (unpaired) electrons. The summed E-state index contributed by atoms with van der Waals surface area (Å²) < 4.78 is 5.35. The first-order chi connectivity index (χ1) is 10.6. The van der Waals surface area contributed by atoms with Crippen molar-refractivity contribution in [3.8, 4) is 0 Å². The molecule has 1 atom stereocenters. The van der Waals surface area contributed by atoms with Gasteiger partial charge in [0.2, 0.25) is 0 Å². The van der Waals surface area contributed by atoms with Gasteiger partial charge in [-0.15, -0.1) is 24.0 Å². The van der Waals surface area contributed by atoms with Crippen LogP contribution in [0.15, 0.2) is 4.99 Å². The van der Waals surface area contributed by atoms with Crippen molar-refractivity contribution in [2.45, 2.75) is 53.1 Å². The van der Waals surface area contributed by atoms with Crippen molar-refractivity contribution in [1.82, 2.24) is 9.80 Å². The molecule has 0 aliphatic carbocycles. The minimum Gasteiger partial charge on any atom is -0.444 e. The molecule has 0 aromatic carbocycles. The lowest BCUT2D eigenvalue weighted by Gasteiger charge is -2.31. The van der Waals surface area contributed by atoms with Gasteiger partial charge in [-0.3, -0.25) is 4.99 Å². The van der Waals surface area contributed by atoms with Crippen LogP contribution in [0.4, 0.5) is 4.79 Å². The van der Waals surface area contributed by atoms with Crippen molar-refractivity contribution < 1.29 is 9.53 Å². The molecule has 0 aromatic rings. The average molecular weight is 454 g/mol. The van der Waals surface area contributed by atoms with Crippen LogP contribution < -0.4 is 5.73 Å². The number of hydrogen-bond donors (Lipinski definition) is 1. The van der Waals surface area contributed by atoms with Crippen molar-refractivity contribution in [2.24, 2.45) is 22.6 Å². The smallest absolute Gasteiger partial charge is 0.410 e. The Hall–Kier alpha value is -0.730. The molecule has 142 valence electrons. The van der Waals surface area contributed by atoms with Gasteiger partial charge >= 0.3 is 6.09 Å². The van der Waals surface area contributed by atoms with Crippen LogP contribution >= 0.6 is 24.0 Å². The van der Waals surface area contributed by atoms with E-state index in [0.717, 1.165) is 19.0 Å². The molecular formula is C17H35IN4O2. The van der Waals surface area contributed by atoms with Crippen LogP contribution in [-0.2, 0) is 4.74 Å². The van der Waals surface area contributed by atoms with E-state index in [0.29, 0.717) is 19.0 Å². The Bertz CT molecular complexity index is 415. The fraction of sp³-hybridized carbons (Fsp3) is 0.882. The molecule has 1 amide bonds. The molecular weight excluding hydrogens is 419 g/mol. The minimum atomic E-state index is -0.470. The van der Waals surface area contributed by atoms with Gasteiger partial charge in [0, 0.05) is 33.2 Å². The number of carbonyl (C=O) groups is 1. The predicted octanol–water partition coefficient (Wildman–Crippen LogP) is 3.15. The number of nitrogens with zero attached hydrogens (tertiary/aromatic N) is 3. The molecule has 1 unspecified atom stereocenters. The number of likely N-dealkylation sites (tertiary alicyclic amines) is 1. The molecule has 24 heavy (non-hydrogen) atoms. The molecule has 0 aromatic heterocycles. The quantitative estimate of drug-likeness (QED) is 0.403. The number of aliphatic imine (C=N–C) groups is 1. The third-order valence-corrected chi connectivity index (χ3v) is 3.96. The van der Waals surface area contributed by atoms with E-state index in [9.17, 15) is 4.79 Å². The van der Waals surface area contributed by atoms with Crippen LogP contribution in [0.2, 0.25) is 0 Å². The Kier molecular flexibility index (Phi) is 9.99. The summed E-state index contributed by atoms with van der Waals surface area (Å²) in [5.41, 5.74) is 5.62. The van der Waals surface area contributed by atoms with Gasteiger partial charge < -0.3 is 20.3 Å². The summed E-state index contributed by atoms with van der Waals surface area (Å²) in [4.78, 5) is 20.2. The third kappa shape index (κ3) is 8.94. The summed E-state index contributed by atoms with van der Waals surface area (Å²) in [6, 6.07) is 0. The predicted molar refractivity (Wildman–Crippen MR) is 110 cm³/mol. The van der Waals surface area contributed by atoms with E-state index in [2.05, 4.69) is 23.7 Å². The van der Waals surface area contributed by atoms with Crippen LogP contribution in [0.3, 0.4) is 0 Å². The highest BCUT2D eigenvalue weighted by atomic mass is 127. The van der Waals surface area contributed by atoms with Gasteiger partial charge in [0.25, 0.3) is 0 Å². The van der Waals surface area contributed by atoms with E-state index in [-0.39, 0.29) is 36.0 Å². The fourth-order valence-corrected chi connectivity index (χ4v) is 2.53. The Labute approximate surface area is 164 Å². The largest absolute Gasteiger partial charge is 0.444 e. The number of ether oxygens (including phenoxy) is 1. The molecule has 1 aliphatic heterocycles. The lowest BCUT2D eigenvalue weighted by atomic mass is 10.00. The second kappa shape index (κ2) is 10.3. The van der Waals surface area contributed by atoms with Crippen LogP contribution in [0.25, 0.3) is 0 Å². The van der Waals surface area contributed by atoms with Gasteiger partial charge in [-0.1, -0.05) is 13.8 Å². The summed E-state index contributed by atoms with van der Waals surface area (Å²) in [6.45, 7) is 13.1. The highest BCUT2D eigenvalue weighted by Crippen LogP contribution is 2.15. The SMILES string of the molecule is CC1CCN(C(N)=NCC(C)CN(C)C(=O)OC(C)(C)C)CC1.I. The highest BCUT2D eigenvalue weighted by molar-refractivity contribution is 14.0. The van der Waals surface area contributed by atoms with Gasteiger partial charge in [0.1, 0.15) is 5.60 Å². The zero-order chi connectivity index (χ0) is 17.6. The standard InChI is InChI=1S/C17H34N4O2.HI/c1-13-7-9-21(10-8-13)15(18)19-11-14(2)12-20(6)16(22)23-17(3,4)5;/h13-14H,7-12H2,1-6H3,(H2,18,19);1H. The van der Waals surface area contributed by atoms with E-state index in [1.165, 1.54) is 12.8 Å². The third-order valence-electron chi connectivity index (χ3n) is 3.96. The summed E-state index contributed by atoms with van der Waals surface area (Å²) >= 11 is 0. The number of nitrogens with two attached hydrogens (primary N) is 1. The number of guanidine groups is 1. The Morgan fingerprint density at radius 3 is 2.42 bits per heavy atom. The maximum atomic E-state index is 11.9. The van der Waals surface area contributed by atoms with Gasteiger partial charge in [0.05, 0.1) is 0 Å². The monoisotopic (exact) mass is 454 g/mol. The van der Waals surface area contributed by atoms with Crippen molar-refractivity contribution in [3.63, 3.8) is 0 Å². The van der Waals surface area contributed by atoms with Crippen LogP contribution in [0.5, 0.6) is 0 Å². The lowest BCUT2D eigenvalue weighted by Crippen LogP contribution is -2.43. The summed E-state index contributed by atoms with van der Waals surface area (Å²) in [5.74, 6) is 1.64. The zero-order valence-electron chi connectivity index (χ0n) is 16.0. The van der Waals surface area contributed by atoms with Gasteiger partial charge in [-0.2, -0.15) is 0 Å². The van der Waals surface area contributed by atoms with E-state index in [1.807, 2.05) is 20.8 Å². The Balaban J connectivity index is 0.00000529. The number of amides is 1. The first-order valence-electron chi connectivity index (χ1n) is 8.57. The molecule has 0 spiro atoms. The van der Waals surface area contributed by atoms with E-state index in [1.54, 1.807) is 11.9 Å². The minimum absolute atomic E-state index is 0. The number of carbonyl (C=O) groups excluding carboxylic acids is 1. The van der Waals surface area contributed by atoms with Crippen molar-refractivity contribution in [2.75, 3.05) is 33.2 Å². The van der Waals surface area contributed by atoms with Crippen LogP contribution in [0.1, 0.15) is 47.5 Å². The molecule has 2 N–H and O–H groups in total. The van der Waals surface area contributed by atoms with Gasteiger partial charge in [0.15, 0.2) is 5.96 Å². The van der Waals surface area contributed by atoms with Gasteiger partial charge in [-0.25, -0.2) is 4.79 Å². The maximum absolute atomic E-state index is 11.9. The molecule has 1 aliphatic rings. The first-order valence-corrected chi connectivity index (χ1v) is 8.57. The maximum Gasteiger partial charge on any atom is 0.410 e. The lowest BCUT2D eigenvalue weighted by molar-refractivity contribution is 0.0279. The van der Waals surface area contributed by atoms with Crippen LogP contribution in [0, 0.1) is 11.8 Å². The number of hydrogen-bond acceptors (Lipinski definition) is 3. The average Bonchev–Trinajstić information content (AvgIpc) is 2.43. The summed E-state index contributed by atoms with van der Waals surface area (Å²) in [6.07, 6.45) is 2.05. The van der Waals surface area contributed by atoms with Crippen molar-refractivity contribution in [3.05, 3.63) is 0 Å². The molecule has 6 nitrogen and oxygen atoms in total. The second-order valence-corrected chi connectivity index (χ2v) is 7.83. The van der Waals surface area contributed by atoms with E-state index < -0.39 is 5.60 Å². The molecule has 1 fully saturated rings. The molecule has 7 heteroatoms. The fourth-order valence-electron chi connectivity index (χ4n) is 2.53. The summed E-state index contributed by atoms with van der Waals surface area (Å²) in [5, 5.41) is 0. The first kappa shape index (κ1) is 23.3. The Morgan fingerprint density at radius 2 is 1.92 bits per heavy atom. The number of rotatable bonds is 4. The molecule has 1 heterocycles. The second-order valence-electron chi connectivity index (χ2n) is 7.83. The molecule has 0 bridgehead atoms. The van der Waals surface area contributed by atoms with E-state index >= 15 is 0 Å². The molecule has 1 rings (SSSR count). The van der Waals surface area contributed by atoms with Gasteiger partial charge in [-0.05, 0) is 45.4 Å². The zero-order valence-corrected chi connectivity index (χ0v) is 18.4. The van der Waals surface area contributed by atoms with E-state index in [4.69, 9.17) is 10.5 Å². The molecule has 0 saturated carbocycles. The Morgan fingerprint density at radius 1 is 1.38 bits per heavy atom. The van der Waals surface area contributed by atoms with Crippen LogP contribution in [-0.4, -0.2) is 60.7 Å². The number of halogens is 1. The topological polar surface area (TPSA) is 71.2 Å². The normalized spacial score (nSPS) is 17.9. The van der Waals surface area contributed by atoms with Crippen molar-refractivity contribution in [1.29, 1.82) is 0 Å². The summed E-state index contributed by atoms with van der Waals surface area (Å²) in [7, 11) is 1.75. The number of piperidine rings is 1. The van der Waals surface area contributed by atoms with Crippen molar-refractivity contribution >= 4 is 36.0 Å². The molecule has 1 saturated heterocycles. The highest BCUT2D eigenvalue weighted by Gasteiger charge is 2.21.